The van der Waals surface area contributed by atoms with Crippen LogP contribution in [0.2, 0.25) is 5.02 Å². The molecule has 2 aromatic carbocycles. The predicted molar refractivity (Wildman–Crippen MR) is 78.1 cm³/mol. The fraction of sp³-hybridized carbons (Fsp3) is 0.250. The van der Waals surface area contributed by atoms with Gasteiger partial charge in [-0.15, -0.1) is 0 Å². The van der Waals surface area contributed by atoms with Crippen molar-refractivity contribution in [3.8, 4) is 0 Å². The van der Waals surface area contributed by atoms with Crippen molar-refractivity contribution >= 4 is 11.6 Å². The van der Waals surface area contributed by atoms with Gasteiger partial charge in [0.15, 0.2) is 11.6 Å². The molecule has 4 heteroatoms. The Labute approximate surface area is 122 Å². The van der Waals surface area contributed by atoms with E-state index in [0.29, 0.717) is 17.1 Å². The molecule has 0 amide bonds. The van der Waals surface area contributed by atoms with Gasteiger partial charge in [0.05, 0.1) is 6.04 Å². The minimum atomic E-state index is -0.809. The molecule has 0 fully saturated rings. The van der Waals surface area contributed by atoms with E-state index in [0.717, 1.165) is 5.56 Å². The first-order chi connectivity index (χ1) is 9.54. The third kappa shape index (κ3) is 3.00. The molecule has 20 heavy (non-hydrogen) atoms. The minimum absolute atomic E-state index is 0.289. The highest BCUT2D eigenvalue weighted by Gasteiger charge is 2.20. The maximum atomic E-state index is 14.2. The Morgan fingerprint density at radius 3 is 2.55 bits per heavy atom. The van der Waals surface area contributed by atoms with E-state index in [1.165, 1.54) is 0 Å². The lowest BCUT2D eigenvalue weighted by atomic mass is 9.97. The van der Waals surface area contributed by atoms with Crippen molar-refractivity contribution in [1.29, 1.82) is 0 Å². The molecule has 0 spiro atoms. The number of aryl methyl sites for hydroxylation is 1. The van der Waals surface area contributed by atoms with Gasteiger partial charge in [-0.3, -0.25) is 0 Å². The van der Waals surface area contributed by atoms with Crippen LogP contribution in [0.15, 0.2) is 36.4 Å². The molecule has 1 N–H and O–H groups in total. The zero-order chi connectivity index (χ0) is 14.7. The third-order valence-electron chi connectivity index (χ3n) is 3.21. The zero-order valence-electron chi connectivity index (χ0n) is 11.4. The molecule has 1 unspecified atom stereocenters. The number of benzene rings is 2. The summed E-state index contributed by atoms with van der Waals surface area (Å²) in [5.41, 5.74) is 1.39. The van der Waals surface area contributed by atoms with Crippen molar-refractivity contribution in [3.63, 3.8) is 0 Å². The number of nitrogens with one attached hydrogen (secondary N) is 1. The molecule has 106 valence electrons. The quantitative estimate of drug-likeness (QED) is 0.867. The first-order valence-corrected chi connectivity index (χ1v) is 6.85. The van der Waals surface area contributed by atoms with Gasteiger partial charge in [0.25, 0.3) is 0 Å². The number of hydrogen-bond acceptors (Lipinski definition) is 1. The van der Waals surface area contributed by atoms with Gasteiger partial charge in [-0.05, 0) is 36.7 Å². The molecule has 0 aromatic heterocycles. The van der Waals surface area contributed by atoms with Crippen molar-refractivity contribution < 1.29 is 8.78 Å². The second-order valence-corrected chi connectivity index (χ2v) is 5.08. The molecule has 0 radical (unpaired) electrons. The molecule has 0 aliphatic heterocycles. The molecule has 0 aliphatic carbocycles. The summed E-state index contributed by atoms with van der Waals surface area (Å²) in [6.07, 6.45) is 0. The molecule has 0 saturated carbocycles. The van der Waals surface area contributed by atoms with Crippen LogP contribution in [0.4, 0.5) is 8.78 Å². The van der Waals surface area contributed by atoms with Gasteiger partial charge in [0.2, 0.25) is 0 Å². The summed E-state index contributed by atoms with van der Waals surface area (Å²) in [5, 5.41) is 3.73. The average Bonchev–Trinajstić information content (AvgIpc) is 2.43. The van der Waals surface area contributed by atoms with Gasteiger partial charge in [0, 0.05) is 10.6 Å². The monoisotopic (exact) mass is 295 g/mol. The maximum absolute atomic E-state index is 14.2. The van der Waals surface area contributed by atoms with Crippen LogP contribution in [0.25, 0.3) is 0 Å². The van der Waals surface area contributed by atoms with Crippen LogP contribution >= 0.6 is 11.6 Å². The smallest absolute Gasteiger partial charge is 0.164 e. The van der Waals surface area contributed by atoms with Crippen LogP contribution in [0.1, 0.15) is 29.7 Å². The molecule has 0 saturated heterocycles. The lowest BCUT2D eigenvalue weighted by Crippen LogP contribution is -2.23. The second-order valence-electron chi connectivity index (χ2n) is 4.65. The minimum Gasteiger partial charge on any atom is -0.306 e. The van der Waals surface area contributed by atoms with E-state index in [1.54, 1.807) is 37.3 Å². The molecule has 2 rings (SSSR count). The molecular weight excluding hydrogens is 280 g/mol. The number of rotatable bonds is 4. The van der Waals surface area contributed by atoms with Crippen LogP contribution in [-0.4, -0.2) is 6.54 Å². The molecule has 0 heterocycles. The van der Waals surface area contributed by atoms with Gasteiger partial charge in [0.1, 0.15) is 0 Å². The van der Waals surface area contributed by atoms with Crippen LogP contribution < -0.4 is 5.32 Å². The molecule has 1 nitrogen and oxygen atoms in total. The van der Waals surface area contributed by atoms with Gasteiger partial charge in [-0.2, -0.15) is 0 Å². The van der Waals surface area contributed by atoms with Crippen molar-refractivity contribution in [2.45, 2.75) is 19.9 Å². The van der Waals surface area contributed by atoms with Gasteiger partial charge < -0.3 is 5.32 Å². The van der Waals surface area contributed by atoms with Gasteiger partial charge in [-0.25, -0.2) is 8.78 Å². The van der Waals surface area contributed by atoms with E-state index >= 15 is 0 Å². The van der Waals surface area contributed by atoms with E-state index in [1.807, 2.05) is 13.0 Å². The Morgan fingerprint density at radius 1 is 1.15 bits per heavy atom. The molecule has 0 bridgehead atoms. The standard InChI is InChI=1S/C16H16ClF2N/c1-3-20-16(11-5-4-6-12(17)9-11)13-8-7-10(2)14(18)15(13)19/h4-9,16,20H,3H2,1-2H3. The summed E-state index contributed by atoms with van der Waals surface area (Å²) in [7, 11) is 0. The fourth-order valence-electron chi connectivity index (χ4n) is 2.18. The predicted octanol–water partition coefficient (Wildman–Crippen LogP) is 4.63. The van der Waals surface area contributed by atoms with Gasteiger partial charge in [-0.1, -0.05) is 42.8 Å². The molecular formula is C16H16ClF2N. The van der Waals surface area contributed by atoms with Crippen LogP contribution in [0.3, 0.4) is 0 Å². The van der Waals surface area contributed by atoms with Crippen LogP contribution in [-0.2, 0) is 0 Å². The van der Waals surface area contributed by atoms with E-state index in [-0.39, 0.29) is 5.56 Å². The Balaban J connectivity index is 2.51. The Bertz CT molecular complexity index is 613. The molecule has 2 aromatic rings. The van der Waals surface area contributed by atoms with Crippen LogP contribution in [0.5, 0.6) is 0 Å². The molecule has 0 aliphatic rings. The van der Waals surface area contributed by atoms with Crippen molar-refractivity contribution in [2.75, 3.05) is 6.54 Å². The van der Waals surface area contributed by atoms with E-state index in [4.69, 9.17) is 11.6 Å². The Hall–Kier alpha value is -1.45. The fourth-order valence-corrected chi connectivity index (χ4v) is 2.38. The first kappa shape index (κ1) is 14.9. The zero-order valence-corrected chi connectivity index (χ0v) is 12.1. The first-order valence-electron chi connectivity index (χ1n) is 6.48. The normalized spacial score (nSPS) is 12.4. The Morgan fingerprint density at radius 2 is 1.90 bits per heavy atom. The van der Waals surface area contributed by atoms with Crippen molar-refractivity contribution in [2.24, 2.45) is 0 Å². The van der Waals surface area contributed by atoms with Crippen molar-refractivity contribution in [3.05, 3.63) is 69.7 Å². The maximum Gasteiger partial charge on any atom is 0.164 e. The average molecular weight is 296 g/mol. The lowest BCUT2D eigenvalue weighted by Gasteiger charge is -2.20. The van der Waals surface area contributed by atoms with E-state index in [9.17, 15) is 8.78 Å². The highest BCUT2D eigenvalue weighted by atomic mass is 35.5. The Kier molecular flexibility index (Phi) is 4.73. The number of hydrogen-bond donors (Lipinski definition) is 1. The van der Waals surface area contributed by atoms with Gasteiger partial charge >= 0.3 is 0 Å². The summed E-state index contributed by atoms with van der Waals surface area (Å²) < 4.78 is 27.9. The van der Waals surface area contributed by atoms with E-state index in [2.05, 4.69) is 5.32 Å². The van der Waals surface area contributed by atoms with E-state index < -0.39 is 17.7 Å². The summed E-state index contributed by atoms with van der Waals surface area (Å²) in [6, 6.07) is 9.92. The number of halogens is 3. The van der Waals surface area contributed by atoms with Crippen LogP contribution in [0, 0.1) is 18.6 Å². The molecule has 1 atom stereocenters. The lowest BCUT2D eigenvalue weighted by molar-refractivity contribution is 0.478. The second kappa shape index (κ2) is 6.33. The SMILES string of the molecule is CCNC(c1cccc(Cl)c1)c1ccc(C)c(F)c1F. The summed E-state index contributed by atoms with van der Waals surface area (Å²) in [4.78, 5) is 0. The highest BCUT2D eigenvalue weighted by molar-refractivity contribution is 6.30. The summed E-state index contributed by atoms with van der Waals surface area (Å²) in [5.74, 6) is -1.61. The summed E-state index contributed by atoms with van der Waals surface area (Å²) >= 11 is 5.98. The largest absolute Gasteiger partial charge is 0.306 e. The summed E-state index contributed by atoms with van der Waals surface area (Å²) in [6.45, 7) is 4.09. The topological polar surface area (TPSA) is 12.0 Å². The third-order valence-corrected chi connectivity index (χ3v) is 3.44. The van der Waals surface area contributed by atoms with Crippen molar-refractivity contribution in [1.82, 2.24) is 5.32 Å². The highest BCUT2D eigenvalue weighted by Crippen LogP contribution is 2.28.